The molecule has 1 amide bonds. The fraction of sp³-hybridized carbons (Fsp3) is 0.792. The molecule has 4 aliphatic heterocycles. The summed E-state index contributed by atoms with van der Waals surface area (Å²) in [4.78, 5) is 43.6. The Hall–Kier alpha value is -2.01. The molecule has 4 saturated heterocycles. The number of aromatic nitrogens is 2. The molecule has 2 unspecified atom stereocenters. The zero-order valence-corrected chi connectivity index (χ0v) is 20.1. The Bertz CT molecular complexity index is 895. The molecule has 188 valence electrons. The van der Waals surface area contributed by atoms with Crippen LogP contribution in [0.4, 0.5) is 0 Å². The number of carbonyl (C=O) groups is 2. The average molecular weight is 478 g/mol. The van der Waals surface area contributed by atoms with E-state index in [2.05, 4.69) is 22.2 Å². The summed E-state index contributed by atoms with van der Waals surface area (Å²) < 4.78 is 18.3. The second-order valence-corrected chi connectivity index (χ2v) is 10.4. The third-order valence-electron chi connectivity index (χ3n) is 8.17. The van der Waals surface area contributed by atoms with Gasteiger partial charge < -0.3 is 24.5 Å². The van der Waals surface area contributed by atoms with E-state index < -0.39 is 29.9 Å². The Morgan fingerprint density at radius 2 is 2.06 bits per heavy atom. The van der Waals surface area contributed by atoms with Crippen LogP contribution in [0.5, 0.6) is 0 Å². The molecule has 6 rings (SSSR count). The van der Waals surface area contributed by atoms with Crippen molar-refractivity contribution in [3.63, 3.8) is 0 Å². The zero-order chi connectivity index (χ0) is 23.9. The van der Waals surface area contributed by atoms with Crippen LogP contribution >= 0.6 is 0 Å². The molecular weight excluding hydrogens is 442 g/mol. The van der Waals surface area contributed by atoms with Gasteiger partial charge in [0.1, 0.15) is 0 Å². The minimum atomic E-state index is -0.874. The van der Waals surface area contributed by atoms with Gasteiger partial charge in [-0.25, -0.2) is 14.8 Å². The highest BCUT2D eigenvalue weighted by atomic mass is 17.3. The van der Waals surface area contributed by atoms with Gasteiger partial charge in [0.15, 0.2) is 11.9 Å². The zero-order valence-electron chi connectivity index (χ0n) is 20.1. The molecule has 5 aliphatic rings. The van der Waals surface area contributed by atoms with Crippen LogP contribution in [0.2, 0.25) is 0 Å². The number of hydrogen-bond acceptors (Lipinski definition) is 8. The van der Waals surface area contributed by atoms with Gasteiger partial charge >= 0.3 is 5.97 Å². The van der Waals surface area contributed by atoms with Gasteiger partial charge in [-0.1, -0.05) is 13.8 Å². The SMILES string of the molecule is C[C@H]1[C@H](OC(=O)CCC(=O)NCCc2cnc[nH]2)O[C@@H]2OC3(C)CC[C@H]4[C@H](C)CC[C@@H]1C24OO3. The van der Waals surface area contributed by atoms with Crippen LogP contribution in [0.3, 0.4) is 0 Å². The lowest BCUT2D eigenvalue weighted by Gasteiger charge is -2.59. The van der Waals surface area contributed by atoms with E-state index in [1.54, 1.807) is 12.5 Å². The molecule has 34 heavy (non-hydrogen) atoms. The van der Waals surface area contributed by atoms with E-state index in [-0.39, 0.29) is 36.5 Å². The summed E-state index contributed by atoms with van der Waals surface area (Å²) in [5, 5.41) is 2.81. The maximum atomic E-state index is 12.6. The van der Waals surface area contributed by atoms with Gasteiger partial charge in [-0.15, -0.1) is 0 Å². The molecule has 5 heterocycles. The van der Waals surface area contributed by atoms with E-state index in [1.807, 2.05) is 13.8 Å². The van der Waals surface area contributed by atoms with Crippen LogP contribution < -0.4 is 5.32 Å². The molecule has 1 aromatic heterocycles. The molecule has 1 aliphatic carbocycles. The molecule has 8 atom stereocenters. The van der Waals surface area contributed by atoms with Gasteiger partial charge in [0.2, 0.25) is 18.0 Å². The molecule has 0 aromatic carbocycles. The molecule has 2 bridgehead atoms. The number of nitrogens with zero attached hydrogens (tertiary/aromatic N) is 1. The van der Waals surface area contributed by atoms with Gasteiger partial charge in [0.05, 0.1) is 12.7 Å². The summed E-state index contributed by atoms with van der Waals surface area (Å²) in [7, 11) is 0. The molecule has 5 fully saturated rings. The van der Waals surface area contributed by atoms with Crippen molar-refractivity contribution in [3.05, 3.63) is 18.2 Å². The first kappa shape index (κ1) is 23.7. The monoisotopic (exact) mass is 477 g/mol. The number of aromatic amines is 1. The molecule has 1 saturated carbocycles. The van der Waals surface area contributed by atoms with Gasteiger partial charge in [0.25, 0.3) is 0 Å². The van der Waals surface area contributed by atoms with Gasteiger partial charge in [-0.05, 0) is 38.0 Å². The number of nitrogens with one attached hydrogen (secondary N) is 2. The number of ether oxygens (including phenoxy) is 3. The van der Waals surface area contributed by atoms with Crippen LogP contribution in [-0.4, -0.2) is 52.4 Å². The number of rotatable bonds is 7. The number of imidazole rings is 1. The van der Waals surface area contributed by atoms with E-state index in [0.29, 0.717) is 18.9 Å². The maximum Gasteiger partial charge on any atom is 0.308 e. The smallest absolute Gasteiger partial charge is 0.308 e. The largest absolute Gasteiger partial charge is 0.435 e. The minimum Gasteiger partial charge on any atom is -0.435 e. The number of esters is 1. The number of H-pyrrole nitrogens is 1. The number of carbonyl (C=O) groups excluding carboxylic acids is 2. The molecular formula is C24H35N3O7. The van der Waals surface area contributed by atoms with Gasteiger partial charge in [-0.2, -0.15) is 0 Å². The summed E-state index contributed by atoms with van der Waals surface area (Å²) in [5.41, 5.74) is 0.253. The Labute approximate surface area is 199 Å². The lowest BCUT2D eigenvalue weighted by Crippen LogP contribution is -2.70. The van der Waals surface area contributed by atoms with Crippen molar-refractivity contribution in [1.29, 1.82) is 0 Å². The third kappa shape index (κ3) is 4.25. The van der Waals surface area contributed by atoms with Crippen LogP contribution in [0, 0.1) is 23.7 Å². The Morgan fingerprint density at radius 1 is 1.21 bits per heavy atom. The van der Waals surface area contributed by atoms with Crippen LogP contribution in [-0.2, 0) is 40.0 Å². The maximum absolute atomic E-state index is 12.6. The van der Waals surface area contributed by atoms with Crippen molar-refractivity contribution in [2.75, 3.05) is 6.54 Å². The summed E-state index contributed by atoms with van der Waals surface area (Å²) in [5.74, 6) is -0.814. The average Bonchev–Trinajstić information content (AvgIpc) is 3.22. The highest BCUT2D eigenvalue weighted by molar-refractivity contribution is 5.81. The first-order valence-electron chi connectivity index (χ1n) is 12.4. The van der Waals surface area contributed by atoms with Crippen molar-refractivity contribution < 1.29 is 33.6 Å². The van der Waals surface area contributed by atoms with Crippen LogP contribution in [0.15, 0.2) is 12.5 Å². The fourth-order valence-corrected chi connectivity index (χ4v) is 6.26. The quantitative estimate of drug-likeness (QED) is 0.454. The number of fused-ring (bicyclic) bond motifs is 2. The molecule has 0 radical (unpaired) electrons. The molecule has 10 nitrogen and oxygen atoms in total. The standard InChI is InChI=1S/C24H35N3O7/c1-14-4-5-18-15(2)21(31-22-24(18)17(14)8-10-23(3,32-22)33-34-24)30-20(29)7-6-19(28)26-11-9-16-12-25-13-27-16/h12-15,17-18,21-22H,4-11H2,1-3H3,(H,25,27)(H,26,28)/t14-,15-,17+,18+,21-,22-,23?,24?/m1/s1. The van der Waals surface area contributed by atoms with E-state index in [0.717, 1.165) is 31.4 Å². The summed E-state index contributed by atoms with van der Waals surface area (Å²) in [6.45, 7) is 6.63. The third-order valence-corrected chi connectivity index (χ3v) is 8.17. The summed E-state index contributed by atoms with van der Waals surface area (Å²) in [6.07, 6.45) is 6.28. The predicted octanol–water partition coefficient (Wildman–Crippen LogP) is 2.60. The van der Waals surface area contributed by atoms with E-state index in [4.69, 9.17) is 24.0 Å². The Balaban J connectivity index is 1.18. The normalized spacial score (nSPS) is 40.8. The van der Waals surface area contributed by atoms with Crippen LogP contribution in [0.25, 0.3) is 0 Å². The number of amides is 1. The second-order valence-electron chi connectivity index (χ2n) is 10.4. The van der Waals surface area contributed by atoms with Gasteiger partial charge in [-0.3, -0.25) is 9.59 Å². The van der Waals surface area contributed by atoms with E-state index in [1.165, 1.54) is 0 Å². The minimum absolute atomic E-state index is 0.0131. The first-order valence-corrected chi connectivity index (χ1v) is 12.4. The number of hydrogen-bond donors (Lipinski definition) is 2. The Kier molecular flexibility index (Phi) is 6.43. The molecule has 10 heteroatoms. The highest BCUT2D eigenvalue weighted by Crippen LogP contribution is 2.60. The molecule has 1 aromatic rings. The van der Waals surface area contributed by atoms with Gasteiger partial charge in [0, 0.05) is 49.5 Å². The van der Waals surface area contributed by atoms with Crippen molar-refractivity contribution in [1.82, 2.24) is 15.3 Å². The highest BCUT2D eigenvalue weighted by Gasteiger charge is 2.69. The fourth-order valence-electron chi connectivity index (χ4n) is 6.26. The van der Waals surface area contributed by atoms with Crippen molar-refractivity contribution in [2.24, 2.45) is 23.7 Å². The lowest BCUT2D eigenvalue weighted by atomic mass is 9.58. The first-order chi connectivity index (χ1) is 16.3. The topological polar surface area (TPSA) is 121 Å². The van der Waals surface area contributed by atoms with Crippen molar-refractivity contribution in [2.45, 2.75) is 89.7 Å². The predicted molar refractivity (Wildman–Crippen MR) is 117 cm³/mol. The molecule has 2 N–H and O–H groups in total. The summed E-state index contributed by atoms with van der Waals surface area (Å²) >= 11 is 0. The van der Waals surface area contributed by atoms with Crippen molar-refractivity contribution in [3.8, 4) is 0 Å². The van der Waals surface area contributed by atoms with Crippen molar-refractivity contribution >= 4 is 11.9 Å². The lowest BCUT2D eigenvalue weighted by molar-refractivity contribution is -0.576. The van der Waals surface area contributed by atoms with E-state index in [9.17, 15) is 9.59 Å². The Morgan fingerprint density at radius 3 is 2.85 bits per heavy atom. The van der Waals surface area contributed by atoms with Crippen LogP contribution in [0.1, 0.15) is 65.0 Å². The van der Waals surface area contributed by atoms with E-state index >= 15 is 0 Å². The summed E-state index contributed by atoms with van der Waals surface area (Å²) in [6, 6.07) is 0. The second kappa shape index (κ2) is 9.22. The molecule has 1 spiro atoms.